The van der Waals surface area contributed by atoms with E-state index in [1.165, 1.54) is 6.07 Å². The second-order valence-corrected chi connectivity index (χ2v) is 11.4. The second-order valence-electron chi connectivity index (χ2n) is 8.41. The monoisotopic (exact) mass is 534 g/mol. The fourth-order valence-electron chi connectivity index (χ4n) is 2.68. The van der Waals surface area contributed by atoms with Gasteiger partial charge in [0.2, 0.25) is 0 Å². The van der Waals surface area contributed by atoms with E-state index in [-0.39, 0.29) is 10.6 Å². The molecule has 0 amide bonds. The zero-order chi connectivity index (χ0) is 27.0. The number of aliphatic carboxylic acids is 2. The van der Waals surface area contributed by atoms with Crippen LogP contribution in [0.3, 0.4) is 0 Å². The average Bonchev–Trinajstić information content (AvgIpc) is 3.14. The van der Waals surface area contributed by atoms with Crippen LogP contribution in [0.2, 0.25) is 0 Å². The number of quaternary nitrogens is 1. The number of rotatable bonds is 7. The largest absolute Gasteiger partial charge is 0.542 e. The molecule has 0 aliphatic carbocycles. The summed E-state index contributed by atoms with van der Waals surface area (Å²) in [6.07, 6.45) is -5.47. The fourth-order valence-corrected chi connectivity index (χ4v) is 5.08. The molecule has 2 N–H and O–H groups in total. The number of thiophene rings is 1. The summed E-state index contributed by atoms with van der Waals surface area (Å²) in [6.45, 7) is 2.34. The van der Waals surface area contributed by atoms with Gasteiger partial charge in [-0.3, -0.25) is 4.79 Å². The van der Waals surface area contributed by atoms with E-state index in [2.05, 4.69) is 16.6 Å². The number of carbonyl (C=O) groups is 2. The highest BCUT2D eigenvalue weighted by Crippen LogP contribution is 2.22. The van der Waals surface area contributed by atoms with Crippen molar-refractivity contribution >= 4 is 33.3 Å². The molecule has 1 aromatic carbocycles. The van der Waals surface area contributed by atoms with Crippen molar-refractivity contribution in [2.45, 2.75) is 29.8 Å². The Balaban J connectivity index is 0.000000762. The summed E-state index contributed by atoms with van der Waals surface area (Å²) in [4.78, 5) is 20.5. The van der Waals surface area contributed by atoms with E-state index in [1.54, 1.807) is 6.07 Å². The molecule has 192 valence electrons. The summed E-state index contributed by atoms with van der Waals surface area (Å²) in [6, 6.07) is 10.2. The molecule has 2 rings (SSSR count). The van der Waals surface area contributed by atoms with Crippen molar-refractivity contribution in [2.75, 3.05) is 27.7 Å². The summed E-state index contributed by atoms with van der Waals surface area (Å²) in [7, 11) is 1.83. The number of nitrogens with zero attached hydrogens (tertiary/aromatic N) is 1. The molecule has 0 saturated heterocycles. The van der Waals surface area contributed by atoms with Gasteiger partial charge in [-0.15, -0.1) is 11.3 Å². The fraction of sp³-hybridized carbons (Fsp3) is 0.364. The predicted molar refractivity (Wildman–Crippen MR) is 122 cm³/mol. The lowest BCUT2D eigenvalue weighted by molar-refractivity contribution is -0.871. The van der Waals surface area contributed by atoms with Crippen molar-refractivity contribution in [3.63, 3.8) is 0 Å². The maximum atomic E-state index is 12.7. The number of carboxylic acid groups (broad SMARTS) is 2. The number of hydrogen-bond donors (Lipinski definition) is 2. The molecule has 1 atom stereocenters. The van der Waals surface area contributed by atoms with Gasteiger partial charge in [0, 0.05) is 5.56 Å². The van der Waals surface area contributed by atoms with Gasteiger partial charge >= 0.3 is 12.1 Å². The summed E-state index contributed by atoms with van der Waals surface area (Å²) in [5.41, 5.74) is 1.97. The highest BCUT2D eigenvalue weighted by molar-refractivity contribution is 7.91. The van der Waals surface area contributed by atoms with Crippen LogP contribution in [0.15, 0.2) is 40.6 Å². The molecule has 2 aromatic rings. The molecular formula is C22H25F3N2O6S2. The molecule has 0 aliphatic heterocycles. The standard InChI is InChI=1S/C20H24N2O4S2.C2HF3O2/c1-15-6-5-7-16(12-15)8-9-18-10-11-20(27-18)28(25,26)21-17(13-19(23)24)14-22(2,3)4;3-2(4,5)1(6)7/h5-7,10-12,17,21H,13-14H2,1-4H3;(H,6,7)/t17-;/m1./s1. The minimum Gasteiger partial charge on any atom is -0.542 e. The van der Waals surface area contributed by atoms with Gasteiger partial charge in [0.25, 0.3) is 10.0 Å². The van der Waals surface area contributed by atoms with E-state index in [0.717, 1.165) is 22.5 Å². The van der Waals surface area contributed by atoms with E-state index in [0.29, 0.717) is 15.9 Å². The molecule has 8 nitrogen and oxygen atoms in total. The quantitative estimate of drug-likeness (QED) is 0.411. The minimum atomic E-state index is -5.19. The number of likely N-dealkylation sites (N-methyl/N-ethyl adjacent to an activating group) is 1. The van der Waals surface area contributed by atoms with Crippen LogP contribution in [0, 0.1) is 18.8 Å². The van der Waals surface area contributed by atoms with Crippen molar-refractivity contribution in [1.29, 1.82) is 0 Å². The number of carbonyl (C=O) groups excluding carboxylic acids is 1. The number of nitrogens with one attached hydrogen (secondary N) is 1. The molecule has 0 radical (unpaired) electrons. The van der Waals surface area contributed by atoms with Crippen molar-refractivity contribution in [3.8, 4) is 11.8 Å². The normalized spacial score (nSPS) is 12.5. The molecule has 0 fully saturated rings. The van der Waals surface area contributed by atoms with E-state index in [9.17, 15) is 26.4 Å². The van der Waals surface area contributed by atoms with E-state index >= 15 is 0 Å². The lowest BCUT2D eigenvalue weighted by atomic mass is 10.1. The number of benzene rings is 1. The van der Waals surface area contributed by atoms with Gasteiger partial charge in [-0.1, -0.05) is 24.0 Å². The van der Waals surface area contributed by atoms with Gasteiger partial charge in [0.15, 0.2) is 0 Å². The number of alkyl halides is 3. The first-order valence-corrected chi connectivity index (χ1v) is 12.2. The Morgan fingerprint density at radius 2 is 1.77 bits per heavy atom. The lowest BCUT2D eigenvalue weighted by Crippen LogP contribution is -2.49. The number of carboxylic acids is 2. The Kier molecular flexibility index (Phi) is 10.5. The van der Waals surface area contributed by atoms with Crippen LogP contribution in [-0.2, 0) is 19.6 Å². The molecular weight excluding hydrogens is 509 g/mol. The average molecular weight is 535 g/mol. The highest BCUT2D eigenvalue weighted by atomic mass is 32.2. The molecule has 13 heteroatoms. The Morgan fingerprint density at radius 3 is 2.26 bits per heavy atom. The third kappa shape index (κ3) is 11.9. The zero-order valence-corrected chi connectivity index (χ0v) is 21.0. The Bertz CT molecular complexity index is 1210. The van der Waals surface area contributed by atoms with Crippen molar-refractivity contribution < 1.29 is 45.9 Å². The van der Waals surface area contributed by atoms with E-state index < -0.39 is 34.2 Å². The first-order valence-electron chi connectivity index (χ1n) is 9.90. The third-order valence-corrected chi connectivity index (χ3v) is 6.95. The van der Waals surface area contributed by atoms with Gasteiger partial charge in [-0.25, -0.2) is 13.1 Å². The van der Waals surface area contributed by atoms with Crippen LogP contribution in [0.1, 0.15) is 22.4 Å². The number of halogens is 3. The van der Waals surface area contributed by atoms with Crippen molar-refractivity contribution in [1.82, 2.24) is 4.72 Å². The van der Waals surface area contributed by atoms with Crippen LogP contribution in [0.25, 0.3) is 0 Å². The molecule has 0 unspecified atom stereocenters. The summed E-state index contributed by atoms with van der Waals surface area (Å²) < 4.78 is 60.0. The SMILES string of the molecule is Cc1cccc(C#Cc2ccc(S(=O)(=O)N[C@H](CC(=O)O)C[N+](C)(C)C)s2)c1.O=C([O-])C(F)(F)F. The van der Waals surface area contributed by atoms with Crippen molar-refractivity contribution in [2.24, 2.45) is 0 Å². The molecule has 1 heterocycles. The molecule has 0 aliphatic rings. The van der Waals surface area contributed by atoms with Gasteiger partial charge in [-0.2, -0.15) is 13.2 Å². The molecule has 35 heavy (non-hydrogen) atoms. The van der Waals surface area contributed by atoms with E-state index in [1.807, 2.05) is 52.3 Å². The maximum absolute atomic E-state index is 12.7. The van der Waals surface area contributed by atoms with Crippen molar-refractivity contribution in [3.05, 3.63) is 52.4 Å². The Labute approximate surface area is 205 Å². The molecule has 0 spiro atoms. The molecule has 0 saturated carbocycles. The first-order chi connectivity index (χ1) is 15.9. The van der Waals surface area contributed by atoms with Crippen LogP contribution < -0.4 is 9.83 Å². The van der Waals surface area contributed by atoms with Crippen LogP contribution in [0.4, 0.5) is 13.2 Å². The highest BCUT2D eigenvalue weighted by Gasteiger charge is 2.29. The summed E-state index contributed by atoms with van der Waals surface area (Å²) in [5.74, 6) is 1.96. The van der Waals surface area contributed by atoms with E-state index in [4.69, 9.17) is 15.0 Å². The zero-order valence-electron chi connectivity index (χ0n) is 19.3. The van der Waals surface area contributed by atoms with Crippen LogP contribution in [-0.4, -0.2) is 69.9 Å². The third-order valence-electron chi connectivity index (χ3n) is 3.94. The van der Waals surface area contributed by atoms with Crippen LogP contribution >= 0.6 is 11.3 Å². The predicted octanol–water partition coefficient (Wildman–Crippen LogP) is 1.58. The Morgan fingerprint density at radius 1 is 1.17 bits per heavy atom. The lowest BCUT2D eigenvalue weighted by Gasteiger charge is -2.28. The second kappa shape index (κ2) is 12.2. The summed E-state index contributed by atoms with van der Waals surface area (Å²) in [5, 5.41) is 17.9. The van der Waals surface area contributed by atoms with Gasteiger partial charge in [0.05, 0.1) is 45.0 Å². The molecule has 1 aromatic heterocycles. The smallest absolute Gasteiger partial charge is 0.430 e. The molecule has 0 bridgehead atoms. The summed E-state index contributed by atoms with van der Waals surface area (Å²) >= 11 is 1.07. The topological polar surface area (TPSA) is 124 Å². The minimum absolute atomic E-state index is 0.123. The number of hydrogen-bond acceptors (Lipinski definition) is 6. The Hall–Kier alpha value is -2.92. The van der Waals surface area contributed by atoms with Gasteiger partial charge < -0.3 is 19.5 Å². The number of aryl methyl sites for hydroxylation is 1. The maximum Gasteiger partial charge on any atom is 0.430 e. The number of sulfonamides is 1. The van der Waals surface area contributed by atoms with Gasteiger partial charge in [0.1, 0.15) is 10.2 Å². The first kappa shape index (κ1) is 30.1. The van der Waals surface area contributed by atoms with Crippen LogP contribution in [0.5, 0.6) is 0 Å². The van der Waals surface area contributed by atoms with Gasteiger partial charge in [-0.05, 0) is 36.8 Å².